The minimum Gasteiger partial charge on any atom is -0.480 e. The maximum atomic E-state index is 12.6. The van der Waals surface area contributed by atoms with E-state index in [1.807, 2.05) is 0 Å². The van der Waals surface area contributed by atoms with Gasteiger partial charge in [-0.1, -0.05) is 130 Å². The molecule has 6 heteroatoms. The molecule has 0 aromatic rings. The molecule has 0 aliphatic heterocycles. The number of ether oxygens (including phenoxy) is 1. The van der Waals surface area contributed by atoms with Gasteiger partial charge in [0.05, 0.1) is 0 Å². The summed E-state index contributed by atoms with van der Waals surface area (Å²) >= 11 is 0. The van der Waals surface area contributed by atoms with E-state index in [9.17, 15) is 14.4 Å². The first-order valence-electron chi connectivity index (χ1n) is 18.4. The third-order valence-electron chi connectivity index (χ3n) is 7.27. The van der Waals surface area contributed by atoms with E-state index in [0.717, 1.165) is 103 Å². The monoisotopic (exact) mass is 663 g/mol. The lowest BCUT2D eigenvalue weighted by molar-refractivity contribution is -0.149. The predicted octanol–water partition coefficient (Wildman–Crippen LogP) is 11.0. The average molecular weight is 664 g/mol. The second-order valence-corrected chi connectivity index (χ2v) is 11.7. The number of carboxylic acids is 1. The molecule has 1 unspecified atom stereocenters. The summed E-state index contributed by atoms with van der Waals surface area (Å²) in [5, 5.41) is 11.0. The largest absolute Gasteiger partial charge is 0.480 e. The van der Waals surface area contributed by atoms with Gasteiger partial charge in [0.15, 0.2) is 0 Å². The number of unbranched alkanes of at least 4 members (excludes halogenated alkanes) is 4. The van der Waals surface area contributed by atoms with E-state index in [1.54, 1.807) is 0 Å². The molecule has 0 aromatic carbocycles. The predicted molar refractivity (Wildman–Crippen MR) is 203 cm³/mol. The number of allylic oxidation sites excluding steroid dienone is 16. The maximum absolute atomic E-state index is 12.6. The summed E-state index contributed by atoms with van der Waals surface area (Å²) in [5.74, 6) is -1.39. The van der Waals surface area contributed by atoms with Crippen molar-refractivity contribution >= 4 is 17.8 Å². The van der Waals surface area contributed by atoms with Crippen LogP contribution in [0.1, 0.15) is 136 Å². The van der Waals surface area contributed by atoms with Crippen molar-refractivity contribution in [3.8, 4) is 0 Å². The van der Waals surface area contributed by atoms with Gasteiger partial charge in [-0.05, 0) is 89.9 Å². The molecule has 0 saturated carbocycles. The summed E-state index contributed by atoms with van der Waals surface area (Å²) in [7, 11) is 0. The summed E-state index contributed by atoms with van der Waals surface area (Å²) in [6.07, 6.45) is 51.0. The van der Waals surface area contributed by atoms with Crippen LogP contribution in [0.3, 0.4) is 0 Å². The molecule has 48 heavy (non-hydrogen) atoms. The Morgan fingerprint density at radius 3 is 1.48 bits per heavy atom. The average Bonchev–Trinajstić information content (AvgIpc) is 3.07. The fourth-order valence-corrected chi connectivity index (χ4v) is 4.64. The Labute approximate surface area is 292 Å². The zero-order valence-corrected chi connectivity index (χ0v) is 30.0. The highest BCUT2D eigenvalue weighted by molar-refractivity contribution is 5.80. The molecule has 0 fully saturated rings. The van der Waals surface area contributed by atoms with Crippen LogP contribution in [-0.2, 0) is 19.1 Å². The minimum absolute atomic E-state index is 0.0937. The fraction of sp³-hybridized carbons (Fsp3) is 0.548. The topological polar surface area (TPSA) is 92.7 Å². The Kier molecular flexibility index (Phi) is 33.4. The Morgan fingerprint density at radius 2 is 0.979 bits per heavy atom. The number of hydrogen-bond acceptors (Lipinski definition) is 4. The van der Waals surface area contributed by atoms with Crippen LogP contribution in [0, 0.1) is 0 Å². The number of hydrogen-bond donors (Lipinski definition) is 2. The standard InChI is InChI=1S/C42H65NO5/c1-3-5-7-9-11-13-15-17-19-21-23-26-30-34-39(35-31-27-25-28-32-36-40(44)43-38-41(45)46)48-42(47)37-33-29-24-22-20-18-16-14-12-10-8-6-4-2/h5-8,11-14,17-20,23-24,26,29,39H,3-4,9-10,15-16,21-22,25,27-28,30-38H2,1-2H3,(H,43,44)(H,45,46)/b7-5-,8-6-,13-11-,14-12-,19-17-,20-18-,26-23-,29-24-. The molecule has 0 heterocycles. The lowest BCUT2D eigenvalue weighted by atomic mass is 10.0. The van der Waals surface area contributed by atoms with E-state index < -0.39 is 5.97 Å². The van der Waals surface area contributed by atoms with Crippen molar-refractivity contribution in [2.24, 2.45) is 0 Å². The highest BCUT2D eigenvalue weighted by Gasteiger charge is 2.13. The van der Waals surface area contributed by atoms with E-state index in [-0.39, 0.29) is 24.5 Å². The Balaban J connectivity index is 4.49. The first-order chi connectivity index (χ1) is 23.5. The van der Waals surface area contributed by atoms with Crippen LogP contribution >= 0.6 is 0 Å². The van der Waals surface area contributed by atoms with Crippen LogP contribution in [-0.4, -0.2) is 35.6 Å². The van der Waals surface area contributed by atoms with Gasteiger partial charge in [-0.25, -0.2) is 0 Å². The molecule has 0 spiro atoms. The van der Waals surface area contributed by atoms with Crippen molar-refractivity contribution in [2.75, 3.05) is 6.54 Å². The van der Waals surface area contributed by atoms with E-state index in [4.69, 9.17) is 9.84 Å². The number of nitrogens with one attached hydrogen (secondary N) is 1. The van der Waals surface area contributed by atoms with Gasteiger partial charge < -0.3 is 15.2 Å². The molecule has 0 radical (unpaired) electrons. The van der Waals surface area contributed by atoms with Crippen molar-refractivity contribution in [3.05, 3.63) is 97.2 Å². The number of amides is 1. The first kappa shape index (κ1) is 44.3. The molecule has 0 aromatic heterocycles. The fourth-order valence-electron chi connectivity index (χ4n) is 4.64. The molecule has 1 atom stereocenters. The lowest BCUT2D eigenvalue weighted by Gasteiger charge is -2.17. The molecule has 2 N–H and O–H groups in total. The third-order valence-corrected chi connectivity index (χ3v) is 7.27. The SMILES string of the molecule is CC/C=C\C/C=C\C/C=C\C/C=C\CCC(=O)OC(CC/C=C\C/C=C\C/C=C\C/C=C\CC)CCCCCCCC(=O)NCC(=O)O. The number of carbonyl (C=O) groups is 3. The number of carboxylic acid groups (broad SMARTS) is 1. The summed E-state index contributed by atoms with van der Waals surface area (Å²) < 4.78 is 5.91. The molecule has 0 aliphatic carbocycles. The van der Waals surface area contributed by atoms with Crippen LogP contribution in [0.15, 0.2) is 97.2 Å². The van der Waals surface area contributed by atoms with Gasteiger partial charge in [0.1, 0.15) is 12.6 Å². The van der Waals surface area contributed by atoms with Crippen LogP contribution in [0.4, 0.5) is 0 Å². The zero-order chi connectivity index (χ0) is 35.2. The first-order valence-corrected chi connectivity index (χ1v) is 18.4. The van der Waals surface area contributed by atoms with Crippen molar-refractivity contribution in [1.82, 2.24) is 5.32 Å². The number of esters is 1. The quantitative estimate of drug-likeness (QED) is 0.0437. The molecule has 0 bridgehead atoms. The molecule has 0 saturated heterocycles. The molecule has 0 aliphatic rings. The van der Waals surface area contributed by atoms with E-state index in [2.05, 4.69) is 116 Å². The van der Waals surface area contributed by atoms with Crippen molar-refractivity contribution in [1.29, 1.82) is 0 Å². The maximum Gasteiger partial charge on any atom is 0.322 e. The summed E-state index contributed by atoms with van der Waals surface area (Å²) in [6.45, 7) is 3.95. The molecule has 6 nitrogen and oxygen atoms in total. The Hall–Kier alpha value is -3.67. The summed E-state index contributed by atoms with van der Waals surface area (Å²) in [6, 6.07) is 0. The van der Waals surface area contributed by atoms with Gasteiger partial charge >= 0.3 is 11.9 Å². The number of aliphatic carboxylic acids is 1. The van der Waals surface area contributed by atoms with Gasteiger partial charge in [-0.15, -0.1) is 0 Å². The van der Waals surface area contributed by atoms with E-state index in [0.29, 0.717) is 19.3 Å². The summed E-state index contributed by atoms with van der Waals surface area (Å²) in [5.41, 5.74) is 0. The summed E-state index contributed by atoms with van der Waals surface area (Å²) in [4.78, 5) is 34.8. The molecule has 0 rings (SSSR count). The second-order valence-electron chi connectivity index (χ2n) is 11.7. The molecule has 1 amide bonds. The van der Waals surface area contributed by atoms with Crippen LogP contribution in [0.5, 0.6) is 0 Å². The zero-order valence-electron chi connectivity index (χ0n) is 30.0. The van der Waals surface area contributed by atoms with Crippen LogP contribution in [0.2, 0.25) is 0 Å². The van der Waals surface area contributed by atoms with Crippen LogP contribution in [0.25, 0.3) is 0 Å². The highest BCUT2D eigenvalue weighted by Crippen LogP contribution is 2.16. The van der Waals surface area contributed by atoms with E-state index in [1.165, 1.54) is 0 Å². The van der Waals surface area contributed by atoms with Crippen molar-refractivity contribution in [2.45, 2.75) is 142 Å². The lowest BCUT2D eigenvalue weighted by Crippen LogP contribution is -2.28. The molecular formula is C42H65NO5. The van der Waals surface area contributed by atoms with Crippen LogP contribution < -0.4 is 5.32 Å². The number of carbonyl (C=O) groups excluding carboxylic acids is 2. The third kappa shape index (κ3) is 35.2. The van der Waals surface area contributed by atoms with Gasteiger partial charge in [0.2, 0.25) is 5.91 Å². The highest BCUT2D eigenvalue weighted by atomic mass is 16.5. The van der Waals surface area contributed by atoms with E-state index >= 15 is 0 Å². The smallest absolute Gasteiger partial charge is 0.322 e. The van der Waals surface area contributed by atoms with Crippen molar-refractivity contribution < 1.29 is 24.2 Å². The molecular weight excluding hydrogens is 598 g/mol. The van der Waals surface area contributed by atoms with Crippen molar-refractivity contribution in [3.63, 3.8) is 0 Å². The Morgan fingerprint density at radius 1 is 0.542 bits per heavy atom. The van der Waals surface area contributed by atoms with Gasteiger partial charge in [0, 0.05) is 12.8 Å². The molecule has 268 valence electrons. The Bertz CT molecular complexity index is 1040. The van der Waals surface area contributed by atoms with Gasteiger partial charge in [-0.2, -0.15) is 0 Å². The number of rotatable bonds is 31. The van der Waals surface area contributed by atoms with Gasteiger partial charge in [0.25, 0.3) is 0 Å². The second kappa shape index (κ2) is 36.2. The normalized spacial score (nSPS) is 13.2. The minimum atomic E-state index is -1.03. The van der Waals surface area contributed by atoms with Gasteiger partial charge in [-0.3, -0.25) is 14.4 Å².